The molecule has 0 aliphatic carbocycles. The summed E-state index contributed by atoms with van der Waals surface area (Å²) in [6.45, 7) is 5.53. The number of nitrogens with zero attached hydrogens (tertiary/aromatic N) is 2. The molecule has 1 N–H and O–H groups in total. The Morgan fingerprint density at radius 3 is 2.59 bits per heavy atom. The molecule has 1 aliphatic rings. The molecule has 17 heavy (non-hydrogen) atoms. The van der Waals surface area contributed by atoms with Crippen LogP contribution in [0, 0.1) is 18.3 Å². The SMILES string of the molecule is Cc1ccc(C#N)c(N2CCC(C)(O)CC2)c1. The molecule has 1 saturated heterocycles. The van der Waals surface area contributed by atoms with Crippen molar-refractivity contribution in [2.24, 2.45) is 0 Å². The van der Waals surface area contributed by atoms with Crippen LogP contribution in [0.1, 0.15) is 30.9 Å². The predicted octanol–water partition coefficient (Wildman–Crippen LogP) is 2.22. The summed E-state index contributed by atoms with van der Waals surface area (Å²) in [6.07, 6.45) is 1.51. The summed E-state index contributed by atoms with van der Waals surface area (Å²) >= 11 is 0. The number of rotatable bonds is 1. The number of hydrogen-bond acceptors (Lipinski definition) is 3. The molecule has 1 aromatic rings. The zero-order valence-electron chi connectivity index (χ0n) is 10.4. The van der Waals surface area contributed by atoms with Gasteiger partial charge in [-0.15, -0.1) is 0 Å². The third-order valence-electron chi connectivity index (χ3n) is 3.45. The first-order valence-electron chi connectivity index (χ1n) is 6.00. The molecule has 1 fully saturated rings. The first-order chi connectivity index (χ1) is 8.02. The van der Waals surface area contributed by atoms with Crippen molar-refractivity contribution in [2.45, 2.75) is 32.3 Å². The summed E-state index contributed by atoms with van der Waals surface area (Å²) < 4.78 is 0. The number of hydrogen-bond donors (Lipinski definition) is 1. The second kappa shape index (κ2) is 4.38. The van der Waals surface area contributed by atoms with E-state index in [1.165, 1.54) is 0 Å². The van der Waals surface area contributed by atoms with Crippen LogP contribution in [0.3, 0.4) is 0 Å². The summed E-state index contributed by atoms with van der Waals surface area (Å²) in [5.41, 5.74) is 2.34. The lowest BCUT2D eigenvalue weighted by Gasteiger charge is -2.37. The number of piperidine rings is 1. The molecule has 0 radical (unpaired) electrons. The van der Waals surface area contributed by atoms with E-state index in [9.17, 15) is 5.11 Å². The van der Waals surface area contributed by atoms with Gasteiger partial charge in [-0.25, -0.2) is 0 Å². The van der Waals surface area contributed by atoms with E-state index in [1.54, 1.807) is 0 Å². The van der Waals surface area contributed by atoms with E-state index in [-0.39, 0.29) is 0 Å². The smallest absolute Gasteiger partial charge is 0.101 e. The largest absolute Gasteiger partial charge is 0.390 e. The van der Waals surface area contributed by atoms with Crippen molar-refractivity contribution >= 4 is 5.69 Å². The van der Waals surface area contributed by atoms with Crippen molar-refractivity contribution in [2.75, 3.05) is 18.0 Å². The zero-order chi connectivity index (χ0) is 12.5. The molecule has 0 amide bonds. The van der Waals surface area contributed by atoms with Gasteiger partial charge in [0.05, 0.1) is 16.9 Å². The first kappa shape index (κ1) is 11.9. The maximum Gasteiger partial charge on any atom is 0.101 e. The van der Waals surface area contributed by atoms with Crippen LogP contribution in [0.4, 0.5) is 5.69 Å². The van der Waals surface area contributed by atoms with Gasteiger partial charge in [-0.3, -0.25) is 0 Å². The fourth-order valence-electron chi connectivity index (χ4n) is 2.23. The average Bonchev–Trinajstić information content (AvgIpc) is 2.29. The number of nitriles is 1. The maximum absolute atomic E-state index is 9.93. The molecule has 3 heteroatoms. The Morgan fingerprint density at radius 1 is 1.35 bits per heavy atom. The molecular weight excluding hydrogens is 212 g/mol. The molecule has 1 heterocycles. The quantitative estimate of drug-likeness (QED) is 0.804. The van der Waals surface area contributed by atoms with Crippen molar-refractivity contribution in [3.63, 3.8) is 0 Å². The van der Waals surface area contributed by atoms with Gasteiger partial charge < -0.3 is 10.0 Å². The molecule has 0 unspecified atom stereocenters. The topological polar surface area (TPSA) is 47.3 Å². The molecule has 90 valence electrons. The molecule has 3 nitrogen and oxygen atoms in total. The van der Waals surface area contributed by atoms with E-state index < -0.39 is 5.60 Å². The van der Waals surface area contributed by atoms with Gasteiger partial charge >= 0.3 is 0 Å². The van der Waals surface area contributed by atoms with Gasteiger partial charge in [-0.2, -0.15) is 5.26 Å². The highest BCUT2D eigenvalue weighted by Gasteiger charge is 2.28. The number of aryl methyl sites for hydroxylation is 1. The van der Waals surface area contributed by atoms with Crippen LogP contribution in [0.5, 0.6) is 0 Å². The Morgan fingerprint density at radius 2 is 2.00 bits per heavy atom. The van der Waals surface area contributed by atoms with Crippen LogP contribution in [-0.2, 0) is 0 Å². The standard InChI is InChI=1S/C14H18N2O/c1-11-3-4-12(10-15)13(9-11)16-7-5-14(2,17)6-8-16/h3-4,9,17H,5-8H2,1-2H3. The fourth-order valence-corrected chi connectivity index (χ4v) is 2.23. The summed E-state index contributed by atoms with van der Waals surface area (Å²) in [7, 11) is 0. The fraction of sp³-hybridized carbons (Fsp3) is 0.500. The van der Waals surface area contributed by atoms with Gasteiger partial charge in [0.25, 0.3) is 0 Å². The maximum atomic E-state index is 9.93. The minimum absolute atomic E-state index is 0.548. The monoisotopic (exact) mass is 230 g/mol. The van der Waals surface area contributed by atoms with Crippen molar-refractivity contribution in [3.05, 3.63) is 29.3 Å². The lowest BCUT2D eigenvalue weighted by atomic mass is 9.93. The molecule has 2 rings (SSSR count). The number of anilines is 1. The second-order valence-electron chi connectivity index (χ2n) is 5.12. The molecule has 1 aromatic carbocycles. The molecule has 1 aliphatic heterocycles. The van der Waals surface area contributed by atoms with Crippen molar-refractivity contribution in [3.8, 4) is 6.07 Å². The summed E-state index contributed by atoms with van der Waals surface area (Å²) in [5, 5.41) is 19.0. The average molecular weight is 230 g/mol. The minimum atomic E-state index is -0.548. The van der Waals surface area contributed by atoms with Crippen LogP contribution in [0.25, 0.3) is 0 Å². The van der Waals surface area contributed by atoms with Gasteiger partial charge in [0.2, 0.25) is 0 Å². The van der Waals surface area contributed by atoms with Crippen LogP contribution in [0.2, 0.25) is 0 Å². The Labute approximate surface area is 102 Å². The van der Waals surface area contributed by atoms with Gasteiger partial charge in [0, 0.05) is 13.1 Å². The van der Waals surface area contributed by atoms with Gasteiger partial charge in [0.1, 0.15) is 6.07 Å². The van der Waals surface area contributed by atoms with E-state index in [0.29, 0.717) is 0 Å². The second-order valence-corrected chi connectivity index (χ2v) is 5.12. The Kier molecular flexibility index (Phi) is 3.08. The van der Waals surface area contributed by atoms with E-state index in [2.05, 4.69) is 17.0 Å². The lowest BCUT2D eigenvalue weighted by Crippen LogP contribution is -2.42. The van der Waals surface area contributed by atoms with Gasteiger partial charge in [-0.05, 0) is 44.4 Å². The number of aliphatic hydroxyl groups is 1. The van der Waals surface area contributed by atoms with Crippen molar-refractivity contribution in [1.82, 2.24) is 0 Å². The minimum Gasteiger partial charge on any atom is -0.390 e. The highest BCUT2D eigenvalue weighted by Crippen LogP contribution is 2.28. The molecule has 0 saturated carbocycles. The highest BCUT2D eigenvalue weighted by atomic mass is 16.3. The summed E-state index contributed by atoms with van der Waals surface area (Å²) in [4.78, 5) is 2.20. The third kappa shape index (κ3) is 2.59. The first-order valence-corrected chi connectivity index (χ1v) is 6.00. The zero-order valence-corrected chi connectivity index (χ0v) is 10.4. The van der Waals surface area contributed by atoms with Crippen LogP contribution < -0.4 is 4.90 Å². The van der Waals surface area contributed by atoms with Crippen LogP contribution >= 0.6 is 0 Å². The number of benzene rings is 1. The normalized spacial score (nSPS) is 18.8. The van der Waals surface area contributed by atoms with E-state index in [0.717, 1.165) is 42.7 Å². The van der Waals surface area contributed by atoms with Crippen LogP contribution in [-0.4, -0.2) is 23.8 Å². The molecular formula is C14H18N2O. The lowest BCUT2D eigenvalue weighted by molar-refractivity contribution is 0.0351. The predicted molar refractivity (Wildman–Crippen MR) is 68.0 cm³/mol. The summed E-state index contributed by atoms with van der Waals surface area (Å²) in [5.74, 6) is 0. The Hall–Kier alpha value is -1.53. The molecule has 0 aromatic heterocycles. The van der Waals surface area contributed by atoms with Crippen molar-refractivity contribution in [1.29, 1.82) is 5.26 Å². The van der Waals surface area contributed by atoms with Gasteiger partial charge in [0.15, 0.2) is 0 Å². The Bertz CT molecular complexity index is 450. The van der Waals surface area contributed by atoms with E-state index >= 15 is 0 Å². The van der Waals surface area contributed by atoms with Crippen molar-refractivity contribution < 1.29 is 5.11 Å². The van der Waals surface area contributed by atoms with Crippen LogP contribution in [0.15, 0.2) is 18.2 Å². The highest BCUT2D eigenvalue weighted by molar-refractivity contribution is 5.61. The van der Waals surface area contributed by atoms with Gasteiger partial charge in [-0.1, -0.05) is 6.07 Å². The Balaban J connectivity index is 2.24. The molecule has 0 spiro atoms. The van der Waals surface area contributed by atoms with E-state index in [4.69, 9.17) is 5.26 Å². The molecule has 0 bridgehead atoms. The molecule has 0 atom stereocenters. The summed E-state index contributed by atoms with van der Waals surface area (Å²) in [6, 6.07) is 8.12. The third-order valence-corrected chi connectivity index (χ3v) is 3.45. The van der Waals surface area contributed by atoms with E-state index in [1.807, 2.05) is 26.0 Å².